The van der Waals surface area contributed by atoms with Crippen LogP contribution in [-0.2, 0) is 25.9 Å². The maximum Gasteiger partial charge on any atom is 0.534 e. The monoisotopic (exact) mass is 518 g/mol. The number of esters is 1. The molecule has 36 heavy (non-hydrogen) atoms. The summed E-state index contributed by atoms with van der Waals surface area (Å²) in [5, 5.41) is 0. The third-order valence-corrected chi connectivity index (χ3v) is 7.23. The standard InChI is InChI=1S/C26H21F3O6S/c1-14-8-10-17-20(12-14)33-21-13-15(35-36(31,32)26(27,28)29)9-11-18(21)25(17)22-16(23(30)34-25)6-5-7-19(22)24(2,3)4/h5-13H,1-4H3. The van der Waals surface area contributed by atoms with Gasteiger partial charge in [0.2, 0.25) is 0 Å². The van der Waals surface area contributed by atoms with Crippen LogP contribution < -0.4 is 8.92 Å². The van der Waals surface area contributed by atoms with Crippen LogP contribution in [0.3, 0.4) is 0 Å². The molecule has 0 aliphatic carbocycles. The van der Waals surface area contributed by atoms with Gasteiger partial charge in [0.25, 0.3) is 0 Å². The van der Waals surface area contributed by atoms with Crippen molar-refractivity contribution in [3.63, 3.8) is 0 Å². The first-order chi connectivity index (χ1) is 16.6. The highest BCUT2D eigenvalue weighted by Gasteiger charge is 2.55. The van der Waals surface area contributed by atoms with Crippen molar-refractivity contribution >= 4 is 16.1 Å². The van der Waals surface area contributed by atoms with Gasteiger partial charge in [0, 0.05) is 22.8 Å². The number of halogens is 3. The molecule has 2 heterocycles. The lowest BCUT2D eigenvalue weighted by molar-refractivity contribution is -0.0500. The summed E-state index contributed by atoms with van der Waals surface area (Å²) in [5.41, 5.74) is -3.96. The van der Waals surface area contributed by atoms with Crippen molar-refractivity contribution in [2.75, 3.05) is 0 Å². The first kappa shape index (κ1) is 24.2. The van der Waals surface area contributed by atoms with Crippen LogP contribution in [-0.4, -0.2) is 19.9 Å². The first-order valence-electron chi connectivity index (χ1n) is 11.0. The predicted molar refractivity (Wildman–Crippen MR) is 124 cm³/mol. The molecule has 0 aromatic heterocycles. The largest absolute Gasteiger partial charge is 0.534 e. The minimum absolute atomic E-state index is 0.00679. The van der Waals surface area contributed by atoms with Gasteiger partial charge in [-0.3, -0.25) is 0 Å². The molecule has 5 rings (SSSR count). The Labute approximate surface area is 205 Å². The van der Waals surface area contributed by atoms with Crippen LogP contribution in [0.2, 0.25) is 0 Å². The van der Waals surface area contributed by atoms with Gasteiger partial charge in [-0.05, 0) is 47.7 Å². The molecule has 10 heteroatoms. The maximum absolute atomic E-state index is 13.2. The third kappa shape index (κ3) is 3.46. The molecule has 1 spiro atoms. The lowest BCUT2D eigenvalue weighted by Gasteiger charge is -2.39. The second-order valence-corrected chi connectivity index (χ2v) is 11.3. The topological polar surface area (TPSA) is 78.9 Å². The van der Waals surface area contributed by atoms with Gasteiger partial charge >= 0.3 is 21.6 Å². The molecule has 0 saturated carbocycles. The van der Waals surface area contributed by atoms with Crippen LogP contribution in [0.5, 0.6) is 17.2 Å². The molecular formula is C26H21F3O6S. The summed E-state index contributed by atoms with van der Waals surface area (Å²) in [5.74, 6) is -0.823. The Morgan fingerprint density at radius 1 is 0.917 bits per heavy atom. The number of benzene rings is 3. The van der Waals surface area contributed by atoms with Crippen molar-refractivity contribution in [2.45, 2.75) is 44.2 Å². The zero-order valence-electron chi connectivity index (χ0n) is 19.7. The van der Waals surface area contributed by atoms with Crippen LogP contribution in [0.25, 0.3) is 0 Å². The summed E-state index contributed by atoms with van der Waals surface area (Å²) in [6, 6.07) is 14.2. The summed E-state index contributed by atoms with van der Waals surface area (Å²) in [4.78, 5) is 13.2. The van der Waals surface area contributed by atoms with Crippen LogP contribution in [0.1, 0.15) is 58.9 Å². The Morgan fingerprint density at radius 3 is 2.19 bits per heavy atom. The highest BCUT2D eigenvalue weighted by molar-refractivity contribution is 7.88. The van der Waals surface area contributed by atoms with Gasteiger partial charge in [-0.25, -0.2) is 4.79 Å². The molecule has 6 nitrogen and oxygen atoms in total. The van der Waals surface area contributed by atoms with Gasteiger partial charge in [0.1, 0.15) is 17.2 Å². The summed E-state index contributed by atoms with van der Waals surface area (Å²) < 4.78 is 78.3. The number of hydrogen-bond donors (Lipinski definition) is 0. The predicted octanol–water partition coefficient (Wildman–Crippen LogP) is 6.09. The number of alkyl halides is 3. The molecule has 0 saturated heterocycles. The van der Waals surface area contributed by atoms with E-state index in [1.807, 2.05) is 39.8 Å². The number of rotatable bonds is 2. The Kier molecular flexibility index (Phi) is 5.03. The average molecular weight is 519 g/mol. The summed E-state index contributed by atoms with van der Waals surface area (Å²) in [6.07, 6.45) is 0. The van der Waals surface area contributed by atoms with Crippen molar-refractivity contribution in [2.24, 2.45) is 0 Å². The second-order valence-electron chi connectivity index (χ2n) is 9.79. The molecule has 0 radical (unpaired) electrons. The minimum atomic E-state index is -5.90. The van der Waals surface area contributed by atoms with E-state index in [0.29, 0.717) is 28.0 Å². The second kappa shape index (κ2) is 7.49. The Morgan fingerprint density at radius 2 is 1.56 bits per heavy atom. The molecule has 188 valence electrons. The third-order valence-electron chi connectivity index (χ3n) is 6.25. The molecule has 3 aromatic carbocycles. The minimum Gasteiger partial charge on any atom is -0.456 e. The van der Waals surface area contributed by atoms with E-state index in [4.69, 9.17) is 9.47 Å². The van der Waals surface area contributed by atoms with Gasteiger partial charge < -0.3 is 13.7 Å². The Balaban J connectivity index is 1.80. The van der Waals surface area contributed by atoms with Gasteiger partial charge in [0.05, 0.1) is 5.56 Å². The van der Waals surface area contributed by atoms with Crippen molar-refractivity contribution in [3.8, 4) is 17.2 Å². The Bertz CT molecular complexity index is 1540. The average Bonchev–Trinajstić information content (AvgIpc) is 3.05. The van der Waals surface area contributed by atoms with Gasteiger partial charge in [-0.2, -0.15) is 21.6 Å². The van der Waals surface area contributed by atoms with E-state index in [1.54, 1.807) is 24.3 Å². The molecule has 1 unspecified atom stereocenters. The number of hydrogen-bond acceptors (Lipinski definition) is 6. The normalized spacial score (nSPS) is 18.7. The molecule has 2 aliphatic heterocycles. The molecule has 0 amide bonds. The fourth-order valence-electron chi connectivity index (χ4n) is 4.72. The molecule has 2 aliphatic rings. The maximum atomic E-state index is 13.2. The Hall–Kier alpha value is -3.53. The number of ether oxygens (including phenoxy) is 2. The smallest absolute Gasteiger partial charge is 0.456 e. The number of aryl methyl sites for hydroxylation is 1. The number of carbonyl (C=O) groups is 1. The molecule has 0 bridgehead atoms. The van der Waals surface area contributed by atoms with Crippen molar-refractivity contribution < 1.29 is 40.0 Å². The van der Waals surface area contributed by atoms with Crippen LogP contribution >= 0.6 is 0 Å². The zero-order chi connectivity index (χ0) is 26.3. The molecule has 0 fully saturated rings. The fraction of sp³-hybridized carbons (Fsp3) is 0.269. The first-order valence-corrected chi connectivity index (χ1v) is 12.4. The van der Waals surface area contributed by atoms with Crippen molar-refractivity contribution in [1.82, 2.24) is 0 Å². The van der Waals surface area contributed by atoms with Gasteiger partial charge in [0.15, 0.2) is 5.60 Å². The number of carbonyl (C=O) groups excluding carboxylic acids is 1. The van der Waals surface area contributed by atoms with Gasteiger partial charge in [-0.15, -0.1) is 0 Å². The van der Waals surface area contributed by atoms with E-state index in [9.17, 15) is 26.4 Å². The van der Waals surface area contributed by atoms with Crippen LogP contribution in [0.15, 0.2) is 54.6 Å². The summed E-state index contributed by atoms with van der Waals surface area (Å²) in [7, 11) is -5.90. The highest BCUT2D eigenvalue weighted by Crippen LogP contribution is 2.58. The molecular weight excluding hydrogens is 497 g/mol. The lowest BCUT2D eigenvalue weighted by Crippen LogP contribution is -2.35. The molecule has 1 atom stereocenters. The number of fused-ring (bicyclic) bond motifs is 6. The van der Waals surface area contributed by atoms with E-state index in [0.717, 1.165) is 23.3 Å². The van der Waals surface area contributed by atoms with E-state index in [1.165, 1.54) is 6.07 Å². The SMILES string of the molecule is Cc1ccc2c(c1)Oc1cc(OS(=O)(=O)C(F)(F)F)ccc1C21OC(=O)c2cccc(C(C)(C)C)c21. The zero-order valence-corrected chi connectivity index (χ0v) is 20.5. The van der Waals surface area contributed by atoms with E-state index in [-0.39, 0.29) is 5.75 Å². The van der Waals surface area contributed by atoms with Crippen LogP contribution in [0, 0.1) is 6.92 Å². The fourth-order valence-corrected chi connectivity index (χ4v) is 5.17. The van der Waals surface area contributed by atoms with Crippen molar-refractivity contribution in [1.29, 1.82) is 0 Å². The van der Waals surface area contributed by atoms with Gasteiger partial charge in [-0.1, -0.05) is 45.0 Å². The van der Waals surface area contributed by atoms with Crippen LogP contribution in [0.4, 0.5) is 13.2 Å². The van der Waals surface area contributed by atoms with Crippen molar-refractivity contribution in [3.05, 3.63) is 88.0 Å². The van der Waals surface area contributed by atoms with E-state index in [2.05, 4.69) is 4.18 Å². The quantitative estimate of drug-likeness (QED) is 0.232. The summed E-state index contributed by atoms with van der Waals surface area (Å²) in [6.45, 7) is 7.81. The highest BCUT2D eigenvalue weighted by atomic mass is 32.2. The van der Waals surface area contributed by atoms with E-state index < -0.39 is 38.4 Å². The lowest BCUT2D eigenvalue weighted by atomic mass is 9.71. The van der Waals surface area contributed by atoms with E-state index >= 15 is 0 Å². The molecule has 0 N–H and O–H groups in total. The molecule has 3 aromatic rings. The summed E-state index contributed by atoms with van der Waals surface area (Å²) >= 11 is 0.